The van der Waals surface area contributed by atoms with Crippen LogP contribution in [0.15, 0.2) is 53.6 Å². The number of para-hydroxylation sites is 1. The number of carbonyl (C=O) groups excluding carboxylic acids is 2. The van der Waals surface area contributed by atoms with Gasteiger partial charge in [-0.1, -0.05) is 35.9 Å². The highest BCUT2D eigenvalue weighted by Gasteiger charge is 2.13. The number of nitrogens with one attached hydrogen (secondary N) is 1. The summed E-state index contributed by atoms with van der Waals surface area (Å²) in [6, 6.07) is 13.4. The van der Waals surface area contributed by atoms with E-state index in [-0.39, 0.29) is 17.9 Å². The van der Waals surface area contributed by atoms with Crippen molar-refractivity contribution in [2.75, 3.05) is 6.61 Å². The number of esters is 1. The van der Waals surface area contributed by atoms with Crippen molar-refractivity contribution in [2.24, 2.45) is 5.10 Å². The van der Waals surface area contributed by atoms with E-state index in [1.807, 2.05) is 0 Å². The van der Waals surface area contributed by atoms with Crippen molar-refractivity contribution in [1.82, 2.24) is 5.43 Å². The molecule has 0 fully saturated rings. The molecule has 0 atom stereocenters. The van der Waals surface area contributed by atoms with Crippen molar-refractivity contribution in [3.8, 4) is 5.75 Å². The SMILES string of the molecule is CCOC(=O)N/N=C\c1ccccc1OC(=O)c1ccccc1Cl. The first-order chi connectivity index (χ1) is 11.6. The lowest BCUT2D eigenvalue weighted by Crippen LogP contribution is -2.18. The quantitative estimate of drug-likeness (QED) is 0.388. The van der Waals surface area contributed by atoms with Gasteiger partial charge in [-0.15, -0.1) is 0 Å². The lowest BCUT2D eigenvalue weighted by atomic mass is 10.2. The van der Waals surface area contributed by atoms with Crippen LogP contribution in [0.1, 0.15) is 22.8 Å². The lowest BCUT2D eigenvalue weighted by Gasteiger charge is -2.08. The van der Waals surface area contributed by atoms with Gasteiger partial charge in [0.15, 0.2) is 0 Å². The zero-order chi connectivity index (χ0) is 17.4. The summed E-state index contributed by atoms with van der Waals surface area (Å²) in [4.78, 5) is 23.4. The van der Waals surface area contributed by atoms with Gasteiger partial charge >= 0.3 is 12.1 Å². The van der Waals surface area contributed by atoms with Crippen LogP contribution in [0.3, 0.4) is 0 Å². The van der Waals surface area contributed by atoms with E-state index in [1.165, 1.54) is 6.21 Å². The van der Waals surface area contributed by atoms with Crippen LogP contribution in [0.2, 0.25) is 5.02 Å². The van der Waals surface area contributed by atoms with Gasteiger partial charge in [-0.2, -0.15) is 5.10 Å². The molecule has 0 aliphatic rings. The summed E-state index contributed by atoms with van der Waals surface area (Å²) in [5.41, 5.74) is 2.97. The molecule has 0 bridgehead atoms. The van der Waals surface area contributed by atoms with Gasteiger partial charge in [-0.25, -0.2) is 15.0 Å². The highest BCUT2D eigenvalue weighted by Crippen LogP contribution is 2.21. The Bertz CT molecular complexity index is 762. The second kappa shape index (κ2) is 8.69. The van der Waals surface area contributed by atoms with Crippen LogP contribution in [-0.4, -0.2) is 24.9 Å². The van der Waals surface area contributed by atoms with Gasteiger partial charge in [0.25, 0.3) is 0 Å². The number of halogens is 1. The van der Waals surface area contributed by atoms with Crippen molar-refractivity contribution in [1.29, 1.82) is 0 Å². The maximum absolute atomic E-state index is 12.2. The average molecular weight is 347 g/mol. The molecule has 2 rings (SSSR count). The third-order valence-corrected chi connectivity index (χ3v) is 3.18. The summed E-state index contributed by atoms with van der Waals surface area (Å²) < 4.78 is 10.0. The monoisotopic (exact) mass is 346 g/mol. The van der Waals surface area contributed by atoms with E-state index in [4.69, 9.17) is 16.3 Å². The van der Waals surface area contributed by atoms with Crippen molar-refractivity contribution in [2.45, 2.75) is 6.92 Å². The second-order valence-electron chi connectivity index (χ2n) is 4.50. The summed E-state index contributed by atoms with van der Waals surface area (Å²) in [6.45, 7) is 1.93. The van der Waals surface area contributed by atoms with Gasteiger partial charge in [0.1, 0.15) is 5.75 Å². The average Bonchev–Trinajstić information content (AvgIpc) is 2.57. The molecule has 0 spiro atoms. The molecule has 0 aromatic heterocycles. The molecule has 0 aliphatic heterocycles. The Hall–Kier alpha value is -2.86. The summed E-state index contributed by atoms with van der Waals surface area (Å²) in [5.74, 6) is -0.295. The first kappa shape index (κ1) is 17.5. The minimum atomic E-state index is -0.667. The molecular weight excluding hydrogens is 332 g/mol. The molecule has 1 amide bonds. The molecule has 2 aromatic rings. The largest absolute Gasteiger partial charge is 0.449 e. The summed E-state index contributed by atoms with van der Waals surface area (Å²) >= 11 is 5.98. The molecule has 0 radical (unpaired) electrons. The Morgan fingerprint density at radius 2 is 1.88 bits per heavy atom. The van der Waals surface area contributed by atoms with Crippen molar-refractivity contribution in [3.63, 3.8) is 0 Å². The molecule has 0 saturated heterocycles. The minimum absolute atomic E-state index is 0.243. The van der Waals surface area contributed by atoms with Crippen LogP contribution < -0.4 is 10.2 Å². The number of nitrogens with zero attached hydrogens (tertiary/aromatic N) is 1. The molecule has 0 unspecified atom stereocenters. The van der Waals surface area contributed by atoms with Crippen molar-refractivity contribution in [3.05, 3.63) is 64.7 Å². The number of hydrogen-bond acceptors (Lipinski definition) is 5. The van der Waals surface area contributed by atoms with E-state index >= 15 is 0 Å². The zero-order valence-electron chi connectivity index (χ0n) is 12.9. The van der Waals surface area contributed by atoms with E-state index in [0.29, 0.717) is 10.6 Å². The molecular formula is C17H15ClN2O4. The molecule has 7 heteroatoms. The Morgan fingerprint density at radius 1 is 1.17 bits per heavy atom. The normalized spacial score (nSPS) is 10.4. The summed E-state index contributed by atoms with van der Waals surface area (Å²) in [6.07, 6.45) is 0.686. The third-order valence-electron chi connectivity index (χ3n) is 2.85. The van der Waals surface area contributed by atoms with Crippen molar-refractivity contribution < 1.29 is 19.1 Å². The van der Waals surface area contributed by atoms with E-state index in [9.17, 15) is 9.59 Å². The van der Waals surface area contributed by atoms with Crippen LogP contribution in [0, 0.1) is 0 Å². The number of amides is 1. The van der Waals surface area contributed by atoms with Gasteiger partial charge in [-0.3, -0.25) is 0 Å². The zero-order valence-corrected chi connectivity index (χ0v) is 13.6. The van der Waals surface area contributed by atoms with Crippen molar-refractivity contribution >= 4 is 29.9 Å². The number of rotatable bonds is 5. The third kappa shape index (κ3) is 4.82. The first-order valence-electron chi connectivity index (χ1n) is 7.13. The van der Waals surface area contributed by atoms with Crippen LogP contribution in [0.5, 0.6) is 5.75 Å². The Balaban J connectivity index is 2.11. The predicted molar refractivity (Wildman–Crippen MR) is 90.6 cm³/mol. The molecule has 0 saturated carbocycles. The second-order valence-corrected chi connectivity index (χ2v) is 4.90. The Labute approximate surface area is 144 Å². The lowest BCUT2D eigenvalue weighted by molar-refractivity contribution is 0.0734. The number of carbonyl (C=O) groups is 2. The number of hydrazone groups is 1. The van der Waals surface area contributed by atoms with Gasteiger partial charge in [-0.05, 0) is 31.2 Å². The highest BCUT2D eigenvalue weighted by molar-refractivity contribution is 6.33. The first-order valence-corrected chi connectivity index (χ1v) is 7.51. The smallest absolute Gasteiger partial charge is 0.427 e. The van der Waals surface area contributed by atoms with E-state index in [2.05, 4.69) is 15.3 Å². The molecule has 6 nitrogen and oxygen atoms in total. The highest BCUT2D eigenvalue weighted by atomic mass is 35.5. The van der Waals surface area contributed by atoms with Gasteiger partial charge < -0.3 is 9.47 Å². The number of ether oxygens (including phenoxy) is 2. The maximum atomic E-state index is 12.2. The summed E-state index contributed by atoms with van der Waals surface area (Å²) in [7, 11) is 0. The van der Waals surface area contributed by atoms with E-state index in [1.54, 1.807) is 55.5 Å². The molecule has 1 N–H and O–H groups in total. The molecule has 24 heavy (non-hydrogen) atoms. The minimum Gasteiger partial charge on any atom is -0.449 e. The summed E-state index contributed by atoms with van der Waals surface area (Å²) in [5, 5.41) is 4.05. The number of hydrogen-bond donors (Lipinski definition) is 1. The van der Waals surface area contributed by atoms with Gasteiger partial charge in [0.2, 0.25) is 0 Å². The fourth-order valence-corrected chi connectivity index (χ4v) is 1.99. The van der Waals surface area contributed by atoms with Crippen LogP contribution in [0.4, 0.5) is 4.79 Å². The fourth-order valence-electron chi connectivity index (χ4n) is 1.78. The molecule has 124 valence electrons. The Kier molecular flexibility index (Phi) is 6.33. The predicted octanol–water partition coefficient (Wildman–Crippen LogP) is 3.64. The van der Waals surface area contributed by atoms with Crippen LogP contribution in [-0.2, 0) is 4.74 Å². The van der Waals surface area contributed by atoms with E-state index in [0.717, 1.165) is 0 Å². The van der Waals surface area contributed by atoms with Crippen LogP contribution >= 0.6 is 11.6 Å². The maximum Gasteiger partial charge on any atom is 0.427 e. The number of benzene rings is 2. The molecule has 2 aromatic carbocycles. The molecule has 0 heterocycles. The molecule has 0 aliphatic carbocycles. The van der Waals surface area contributed by atoms with Gasteiger partial charge in [0.05, 0.1) is 23.4 Å². The van der Waals surface area contributed by atoms with E-state index < -0.39 is 12.1 Å². The Morgan fingerprint density at radius 3 is 2.62 bits per heavy atom. The fraction of sp³-hybridized carbons (Fsp3) is 0.118. The standard InChI is InChI=1S/C17H15ClN2O4/c1-2-23-17(22)20-19-11-12-7-3-6-10-15(12)24-16(21)13-8-4-5-9-14(13)18/h3-11H,2H2,1H3,(H,20,22)/b19-11-. The van der Waals surface area contributed by atoms with Crippen LogP contribution in [0.25, 0.3) is 0 Å². The topological polar surface area (TPSA) is 77.0 Å². The van der Waals surface area contributed by atoms with Gasteiger partial charge in [0, 0.05) is 5.56 Å².